The van der Waals surface area contributed by atoms with Gasteiger partial charge in [-0.05, 0) is 66.1 Å². The van der Waals surface area contributed by atoms with Crippen LogP contribution in [0.3, 0.4) is 0 Å². The molecule has 0 aromatic carbocycles. The summed E-state index contributed by atoms with van der Waals surface area (Å²) >= 11 is 4.50. The van der Waals surface area contributed by atoms with E-state index in [1.807, 2.05) is 6.92 Å². The van der Waals surface area contributed by atoms with E-state index in [0.717, 1.165) is 25.9 Å². The first-order valence-corrected chi connectivity index (χ1v) is 9.12. The molecule has 0 saturated carbocycles. The molecule has 2 atom stereocenters. The number of thiophene rings is 1. The maximum absolute atomic E-state index is 12.2. The minimum atomic E-state index is -3.40. The normalized spacial score (nSPS) is 22.9. The zero-order valence-electron chi connectivity index (χ0n) is 10.1. The van der Waals surface area contributed by atoms with Gasteiger partial charge >= 0.3 is 0 Å². The van der Waals surface area contributed by atoms with Crippen LogP contribution in [0, 0.1) is 5.92 Å². The van der Waals surface area contributed by atoms with Crippen LogP contribution in [-0.2, 0) is 10.0 Å². The van der Waals surface area contributed by atoms with Crippen molar-refractivity contribution < 1.29 is 8.42 Å². The Morgan fingerprint density at radius 2 is 2.39 bits per heavy atom. The Bertz CT molecular complexity index is 495. The molecule has 18 heavy (non-hydrogen) atoms. The van der Waals surface area contributed by atoms with Crippen LogP contribution in [0.25, 0.3) is 0 Å². The maximum Gasteiger partial charge on any atom is 0.251 e. The molecule has 0 amide bonds. The van der Waals surface area contributed by atoms with Gasteiger partial charge in [-0.15, -0.1) is 11.3 Å². The molecule has 4 nitrogen and oxygen atoms in total. The fraction of sp³-hybridized carbons (Fsp3) is 0.636. The fourth-order valence-electron chi connectivity index (χ4n) is 2.17. The van der Waals surface area contributed by atoms with Crippen molar-refractivity contribution >= 4 is 37.3 Å². The quantitative estimate of drug-likeness (QED) is 0.872. The molecule has 0 spiro atoms. The van der Waals surface area contributed by atoms with Crippen LogP contribution in [0.1, 0.15) is 19.8 Å². The molecule has 7 heteroatoms. The molecule has 2 unspecified atom stereocenters. The van der Waals surface area contributed by atoms with E-state index in [9.17, 15) is 8.42 Å². The van der Waals surface area contributed by atoms with Crippen LogP contribution in [0.4, 0.5) is 0 Å². The Morgan fingerprint density at radius 1 is 1.61 bits per heavy atom. The van der Waals surface area contributed by atoms with Crippen LogP contribution in [0.5, 0.6) is 0 Å². The van der Waals surface area contributed by atoms with E-state index in [0.29, 0.717) is 14.6 Å². The summed E-state index contributed by atoms with van der Waals surface area (Å²) in [5.74, 6) is 0.368. The average Bonchev–Trinajstić information content (AvgIpc) is 2.77. The summed E-state index contributed by atoms with van der Waals surface area (Å²) in [6.07, 6.45) is 2.18. The molecular formula is C11H17BrN2O2S2. The van der Waals surface area contributed by atoms with Gasteiger partial charge in [0.15, 0.2) is 0 Å². The van der Waals surface area contributed by atoms with Crippen molar-refractivity contribution in [2.45, 2.75) is 30.0 Å². The summed E-state index contributed by atoms with van der Waals surface area (Å²) in [6.45, 7) is 3.86. The van der Waals surface area contributed by atoms with Gasteiger partial charge in [0.2, 0.25) is 0 Å². The monoisotopic (exact) mass is 352 g/mol. The second kappa shape index (κ2) is 6.00. The van der Waals surface area contributed by atoms with Crippen molar-refractivity contribution in [3.05, 3.63) is 15.9 Å². The highest BCUT2D eigenvalue weighted by atomic mass is 79.9. The second-order valence-corrected chi connectivity index (χ2v) is 8.25. The lowest BCUT2D eigenvalue weighted by Crippen LogP contribution is -2.44. The van der Waals surface area contributed by atoms with Gasteiger partial charge in [-0.3, -0.25) is 0 Å². The molecular weight excluding hydrogens is 336 g/mol. The van der Waals surface area contributed by atoms with Gasteiger partial charge in [0, 0.05) is 10.5 Å². The van der Waals surface area contributed by atoms with Crippen molar-refractivity contribution in [2.75, 3.05) is 13.1 Å². The molecule has 102 valence electrons. The third kappa shape index (κ3) is 3.33. The van der Waals surface area contributed by atoms with E-state index in [4.69, 9.17) is 0 Å². The smallest absolute Gasteiger partial charge is 0.251 e. The third-order valence-corrected chi connectivity index (χ3v) is 7.44. The predicted molar refractivity (Wildman–Crippen MR) is 77.4 cm³/mol. The van der Waals surface area contributed by atoms with E-state index in [1.165, 1.54) is 11.3 Å². The number of sulfonamides is 1. The summed E-state index contributed by atoms with van der Waals surface area (Å²) in [5.41, 5.74) is 0. The van der Waals surface area contributed by atoms with Gasteiger partial charge in [-0.1, -0.05) is 0 Å². The Labute approximate surface area is 120 Å². The topological polar surface area (TPSA) is 58.2 Å². The zero-order valence-corrected chi connectivity index (χ0v) is 13.4. The molecule has 1 aliphatic rings. The van der Waals surface area contributed by atoms with Crippen LogP contribution in [-0.4, -0.2) is 27.5 Å². The molecule has 1 aromatic rings. The van der Waals surface area contributed by atoms with Gasteiger partial charge in [0.25, 0.3) is 10.0 Å². The van der Waals surface area contributed by atoms with Gasteiger partial charge in [-0.2, -0.15) is 0 Å². The first-order chi connectivity index (χ1) is 8.50. The van der Waals surface area contributed by atoms with Crippen LogP contribution < -0.4 is 10.0 Å². The molecule has 1 aliphatic heterocycles. The molecule has 2 heterocycles. The largest absolute Gasteiger partial charge is 0.316 e. The van der Waals surface area contributed by atoms with Crippen molar-refractivity contribution in [1.82, 2.24) is 10.0 Å². The first kappa shape index (κ1) is 14.5. The van der Waals surface area contributed by atoms with Gasteiger partial charge in [0.1, 0.15) is 4.21 Å². The molecule has 1 saturated heterocycles. The molecule has 0 bridgehead atoms. The van der Waals surface area contributed by atoms with Crippen molar-refractivity contribution in [1.29, 1.82) is 0 Å². The highest BCUT2D eigenvalue weighted by Gasteiger charge is 2.26. The molecule has 2 rings (SSSR count). The van der Waals surface area contributed by atoms with Gasteiger partial charge < -0.3 is 5.32 Å². The summed E-state index contributed by atoms with van der Waals surface area (Å²) in [4.78, 5) is 0. The maximum atomic E-state index is 12.2. The Balaban J connectivity index is 2.06. The van der Waals surface area contributed by atoms with E-state index in [1.54, 1.807) is 11.4 Å². The average molecular weight is 353 g/mol. The molecule has 1 fully saturated rings. The SMILES string of the molecule is CC(NS(=O)(=O)c1sccc1Br)C1CCCNC1. The molecule has 2 N–H and O–H groups in total. The van der Waals surface area contributed by atoms with Crippen molar-refractivity contribution in [2.24, 2.45) is 5.92 Å². The summed E-state index contributed by atoms with van der Waals surface area (Å²) in [5, 5.41) is 5.08. The lowest BCUT2D eigenvalue weighted by molar-refractivity contribution is 0.320. The van der Waals surface area contributed by atoms with E-state index in [-0.39, 0.29) is 6.04 Å². The summed E-state index contributed by atoms with van der Waals surface area (Å²) in [7, 11) is -3.40. The minimum absolute atomic E-state index is 0.0446. The highest BCUT2D eigenvalue weighted by Crippen LogP contribution is 2.28. The summed E-state index contributed by atoms with van der Waals surface area (Å²) < 4.78 is 28.2. The van der Waals surface area contributed by atoms with Gasteiger partial charge in [0.05, 0.1) is 0 Å². The Morgan fingerprint density at radius 3 is 2.94 bits per heavy atom. The predicted octanol–water partition coefficient (Wildman–Crippen LogP) is 2.18. The number of nitrogens with one attached hydrogen (secondary N) is 2. The third-order valence-electron chi connectivity index (χ3n) is 3.21. The number of halogens is 1. The van der Waals surface area contributed by atoms with Crippen LogP contribution in [0.2, 0.25) is 0 Å². The summed E-state index contributed by atoms with van der Waals surface area (Å²) in [6, 6.07) is 1.71. The van der Waals surface area contributed by atoms with Gasteiger partial charge in [-0.25, -0.2) is 13.1 Å². The molecule has 0 radical (unpaired) electrons. The highest BCUT2D eigenvalue weighted by molar-refractivity contribution is 9.10. The van der Waals surface area contributed by atoms with Crippen molar-refractivity contribution in [3.63, 3.8) is 0 Å². The first-order valence-electron chi connectivity index (χ1n) is 5.97. The number of piperidine rings is 1. The van der Waals surface area contributed by atoms with E-state index < -0.39 is 10.0 Å². The lowest BCUT2D eigenvalue weighted by Gasteiger charge is -2.28. The van der Waals surface area contributed by atoms with Crippen molar-refractivity contribution in [3.8, 4) is 0 Å². The number of hydrogen-bond acceptors (Lipinski definition) is 4. The van der Waals surface area contributed by atoms with E-state index in [2.05, 4.69) is 26.0 Å². The van der Waals surface area contributed by atoms with Crippen LogP contribution in [0.15, 0.2) is 20.1 Å². The van der Waals surface area contributed by atoms with Crippen LogP contribution >= 0.6 is 27.3 Å². The molecule has 1 aromatic heterocycles. The fourth-order valence-corrected chi connectivity index (χ4v) is 5.84. The Hall–Kier alpha value is 0.0500. The number of hydrogen-bond donors (Lipinski definition) is 2. The lowest BCUT2D eigenvalue weighted by atomic mass is 9.94. The number of rotatable bonds is 4. The standard InChI is InChI=1S/C11H17BrN2O2S2/c1-8(9-3-2-5-13-7-9)14-18(15,16)11-10(12)4-6-17-11/h4,6,8-9,13-14H,2-3,5,7H2,1H3. The molecule has 0 aliphatic carbocycles. The minimum Gasteiger partial charge on any atom is -0.316 e. The van der Waals surface area contributed by atoms with E-state index >= 15 is 0 Å². The second-order valence-electron chi connectivity index (χ2n) is 4.57. The zero-order chi connectivity index (χ0) is 13.2. The Kier molecular flexibility index (Phi) is 4.82.